The van der Waals surface area contributed by atoms with E-state index in [1.807, 2.05) is 27.7 Å². The van der Waals surface area contributed by atoms with Gasteiger partial charge in [-0.1, -0.05) is 0 Å². The van der Waals surface area contributed by atoms with E-state index in [-0.39, 0.29) is 12.5 Å². The molecule has 1 unspecified atom stereocenters. The molecular weight excluding hydrogens is 300 g/mol. The van der Waals surface area contributed by atoms with Crippen molar-refractivity contribution in [2.45, 2.75) is 46.3 Å². The van der Waals surface area contributed by atoms with E-state index in [1.54, 1.807) is 20.2 Å². The van der Waals surface area contributed by atoms with E-state index in [4.69, 9.17) is 14.2 Å². The summed E-state index contributed by atoms with van der Waals surface area (Å²) in [6, 6.07) is 0. The standard InChI is InChI=1S/C16H28N2O5/c1-7-21-12(2)14(19)17(6)10-13-11-18(8-9-22-13)15(20)23-16(3,4)5/h11-12H,7-10H2,1-6H3. The molecule has 2 amide bonds. The summed E-state index contributed by atoms with van der Waals surface area (Å²) in [6.45, 7) is 10.6. The fourth-order valence-corrected chi connectivity index (χ4v) is 2.05. The Bertz CT molecular complexity index is 456. The van der Waals surface area contributed by atoms with E-state index in [2.05, 4.69) is 0 Å². The van der Waals surface area contributed by atoms with Crippen molar-refractivity contribution in [1.29, 1.82) is 0 Å². The highest BCUT2D eigenvalue weighted by atomic mass is 16.6. The lowest BCUT2D eigenvalue weighted by atomic mass is 10.2. The molecule has 0 N–H and O–H groups in total. The summed E-state index contributed by atoms with van der Waals surface area (Å²) in [5, 5.41) is 0. The van der Waals surface area contributed by atoms with Gasteiger partial charge in [0.1, 0.15) is 24.1 Å². The Labute approximate surface area is 138 Å². The van der Waals surface area contributed by atoms with Crippen LogP contribution < -0.4 is 0 Å². The number of nitrogens with zero attached hydrogens (tertiary/aromatic N) is 2. The van der Waals surface area contributed by atoms with Gasteiger partial charge in [0, 0.05) is 13.7 Å². The normalized spacial score (nSPS) is 16.3. The predicted octanol–water partition coefficient (Wildman–Crippen LogP) is 1.98. The fourth-order valence-electron chi connectivity index (χ4n) is 2.05. The minimum absolute atomic E-state index is 0.134. The molecule has 0 bridgehead atoms. The van der Waals surface area contributed by atoms with Gasteiger partial charge in [-0.05, 0) is 34.6 Å². The fraction of sp³-hybridized carbons (Fsp3) is 0.750. The average molecular weight is 328 g/mol. The Kier molecular flexibility index (Phi) is 6.87. The summed E-state index contributed by atoms with van der Waals surface area (Å²) >= 11 is 0. The summed E-state index contributed by atoms with van der Waals surface area (Å²) < 4.78 is 16.2. The number of hydrogen-bond donors (Lipinski definition) is 0. The second-order valence-electron chi connectivity index (χ2n) is 6.41. The Hall–Kier alpha value is -1.76. The van der Waals surface area contributed by atoms with Gasteiger partial charge in [0.15, 0.2) is 0 Å². The molecule has 0 aromatic rings. The number of amides is 2. The van der Waals surface area contributed by atoms with Crippen molar-refractivity contribution in [2.24, 2.45) is 0 Å². The molecule has 1 rings (SSSR count). The topological polar surface area (TPSA) is 68.3 Å². The zero-order chi connectivity index (χ0) is 17.6. The van der Waals surface area contributed by atoms with Crippen molar-refractivity contribution in [3.05, 3.63) is 12.0 Å². The molecule has 0 saturated carbocycles. The van der Waals surface area contributed by atoms with Gasteiger partial charge in [-0.3, -0.25) is 9.69 Å². The number of hydrogen-bond acceptors (Lipinski definition) is 5. The van der Waals surface area contributed by atoms with Gasteiger partial charge in [-0.2, -0.15) is 0 Å². The third kappa shape index (κ3) is 6.48. The summed E-state index contributed by atoms with van der Waals surface area (Å²) in [5.74, 6) is 0.410. The summed E-state index contributed by atoms with van der Waals surface area (Å²) in [4.78, 5) is 27.2. The number of carbonyl (C=O) groups excluding carboxylic acids is 2. The van der Waals surface area contributed by atoms with Gasteiger partial charge in [-0.15, -0.1) is 0 Å². The van der Waals surface area contributed by atoms with Crippen LogP contribution in [-0.4, -0.2) is 66.9 Å². The first-order valence-corrected chi connectivity index (χ1v) is 7.83. The molecule has 0 radical (unpaired) electrons. The molecule has 0 aromatic carbocycles. The van der Waals surface area contributed by atoms with Gasteiger partial charge >= 0.3 is 6.09 Å². The molecule has 0 spiro atoms. The molecule has 1 heterocycles. The minimum atomic E-state index is -0.553. The van der Waals surface area contributed by atoms with E-state index < -0.39 is 17.8 Å². The predicted molar refractivity (Wildman–Crippen MR) is 85.7 cm³/mol. The second-order valence-corrected chi connectivity index (χ2v) is 6.41. The van der Waals surface area contributed by atoms with E-state index >= 15 is 0 Å². The number of carbonyl (C=O) groups is 2. The first-order valence-electron chi connectivity index (χ1n) is 7.83. The number of ether oxygens (including phenoxy) is 3. The van der Waals surface area contributed by atoms with Gasteiger partial charge in [0.2, 0.25) is 0 Å². The molecule has 23 heavy (non-hydrogen) atoms. The molecule has 7 heteroatoms. The number of likely N-dealkylation sites (N-methyl/N-ethyl adjacent to an activating group) is 1. The van der Waals surface area contributed by atoms with Gasteiger partial charge < -0.3 is 19.1 Å². The quantitative estimate of drug-likeness (QED) is 0.772. The van der Waals surface area contributed by atoms with Gasteiger partial charge in [0.05, 0.1) is 19.3 Å². The first-order chi connectivity index (χ1) is 10.6. The van der Waals surface area contributed by atoms with E-state index in [0.717, 1.165) is 0 Å². The Morgan fingerprint density at radius 2 is 2.09 bits per heavy atom. The molecule has 1 atom stereocenters. The highest BCUT2D eigenvalue weighted by Gasteiger charge is 2.25. The molecule has 0 fully saturated rings. The van der Waals surface area contributed by atoms with Crippen LogP contribution >= 0.6 is 0 Å². The van der Waals surface area contributed by atoms with Crippen molar-refractivity contribution in [1.82, 2.24) is 9.80 Å². The maximum atomic E-state index is 12.1. The van der Waals surface area contributed by atoms with Crippen LogP contribution in [-0.2, 0) is 19.0 Å². The highest BCUT2D eigenvalue weighted by molar-refractivity contribution is 5.80. The monoisotopic (exact) mass is 328 g/mol. The van der Waals surface area contributed by atoms with Crippen molar-refractivity contribution < 1.29 is 23.8 Å². The van der Waals surface area contributed by atoms with Crippen LogP contribution in [0.25, 0.3) is 0 Å². The van der Waals surface area contributed by atoms with Crippen molar-refractivity contribution in [2.75, 3.05) is 33.4 Å². The second kappa shape index (κ2) is 8.19. The summed E-state index contributed by atoms with van der Waals surface area (Å²) in [7, 11) is 1.68. The SMILES string of the molecule is CCOC(C)C(=O)N(C)CC1=CN(C(=O)OC(C)(C)C)CCO1. The lowest BCUT2D eigenvalue weighted by Crippen LogP contribution is -2.41. The molecule has 0 saturated heterocycles. The van der Waals surface area contributed by atoms with Crippen LogP contribution in [0.3, 0.4) is 0 Å². The maximum Gasteiger partial charge on any atom is 0.414 e. The van der Waals surface area contributed by atoms with Crippen LogP contribution in [0.1, 0.15) is 34.6 Å². The van der Waals surface area contributed by atoms with E-state index in [1.165, 1.54) is 9.80 Å². The lowest BCUT2D eigenvalue weighted by Gasteiger charge is -2.30. The molecule has 1 aliphatic heterocycles. The molecule has 132 valence electrons. The molecule has 1 aliphatic rings. The Balaban J connectivity index is 2.65. The number of rotatable bonds is 5. The van der Waals surface area contributed by atoms with Crippen LogP contribution in [0.4, 0.5) is 4.79 Å². The Morgan fingerprint density at radius 1 is 1.43 bits per heavy atom. The maximum absolute atomic E-state index is 12.1. The highest BCUT2D eigenvalue weighted by Crippen LogP contribution is 2.15. The lowest BCUT2D eigenvalue weighted by molar-refractivity contribution is -0.141. The zero-order valence-electron chi connectivity index (χ0n) is 14.9. The zero-order valence-corrected chi connectivity index (χ0v) is 14.9. The largest absolute Gasteiger partial charge is 0.493 e. The third-order valence-electron chi connectivity index (χ3n) is 3.08. The molecule has 0 aliphatic carbocycles. The molecule has 7 nitrogen and oxygen atoms in total. The summed E-state index contributed by atoms with van der Waals surface area (Å²) in [6.07, 6.45) is 0.665. The van der Waals surface area contributed by atoms with E-state index in [9.17, 15) is 9.59 Å². The van der Waals surface area contributed by atoms with E-state index in [0.29, 0.717) is 25.5 Å². The summed E-state index contributed by atoms with van der Waals surface area (Å²) in [5.41, 5.74) is -0.553. The van der Waals surface area contributed by atoms with Gasteiger partial charge in [0.25, 0.3) is 5.91 Å². The third-order valence-corrected chi connectivity index (χ3v) is 3.08. The Morgan fingerprint density at radius 3 is 2.65 bits per heavy atom. The molecule has 0 aromatic heterocycles. The first kappa shape index (κ1) is 19.3. The van der Waals surface area contributed by atoms with Crippen molar-refractivity contribution in [3.63, 3.8) is 0 Å². The van der Waals surface area contributed by atoms with Crippen molar-refractivity contribution >= 4 is 12.0 Å². The average Bonchev–Trinajstić information content (AvgIpc) is 2.45. The van der Waals surface area contributed by atoms with Crippen molar-refractivity contribution in [3.8, 4) is 0 Å². The van der Waals surface area contributed by atoms with Crippen LogP contribution in [0.15, 0.2) is 12.0 Å². The van der Waals surface area contributed by atoms with Crippen LogP contribution in [0, 0.1) is 0 Å². The smallest absolute Gasteiger partial charge is 0.414 e. The van der Waals surface area contributed by atoms with Crippen LogP contribution in [0.2, 0.25) is 0 Å². The minimum Gasteiger partial charge on any atom is -0.493 e. The molecular formula is C16H28N2O5. The van der Waals surface area contributed by atoms with Gasteiger partial charge in [-0.25, -0.2) is 4.79 Å². The van der Waals surface area contributed by atoms with Crippen LogP contribution in [0.5, 0.6) is 0 Å².